The Kier molecular flexibility index (Phi) is 6.35. The number of anilines is 2. The van der Waals surface area contributed by atoms with Gasteiger partial charge in [-0.05, 0) is 65.6 Å². The molecule has 1 saturated heterocycles. The first-order chi connectivity index (χ1) is 14.9. The fourth-order valence-corrected chi connectivity index (χ4v) is 4.81. The molecule has 31 heavy (non-hydrogen) atoms. The third-order valence-electron chi connectivity index (χ3n) is 5.27. The van der Waals surface area contributed by atoms with Crippen molar-refractivity contribution < 1.29 is 9.59 Å². The van der Waals surface area contributed by atoms with Crippen molar-refractivity contribution in [1.82, 2.24) is 0 Å². The van der Waals surface area contributed by atoms with Gasteiger partial charge in [0, 0.05) is 22.0 Å². The molecule has 6 heteroatoms. The van der Waals surface area contributed by atoms with E-state index in [1.54, 1.807) is 36.0 Å². The van der Waals surface area contributed by atoms with E-state index in [1.165, 1.54) is 5.56 Å². The van der Waals surface area contributed by atoms with Gasteiger partial charge in [0.05, 0.1) is 5.75 Å². The first kappa shape index (κ1) is 21.5. The van der Waals surface area contributed by atoms with E-state index in [2.05, 4.69) is 31.3 Å². The zero-order valence-corrected chi connectivity index (χ0v) is 18.9. The van der Waals surface area contributed by atoms with E-state index in [-0.39, 0.29) is 17.2 Å². The number of hydrogen-bond donors (Lipinski definition) is 1. The molecule has 3 aromatic carbocycles. The fraction of sp³-hybridized carbons (Fsp3) is 0.200. The maximum absolute atomic E-state index is 12.6. The van der Waals surface area contributed by atoms with E-state index in [0.29, 0.717) is 27.9 Å². The molecule has 0 bridgehead atoms. The highest BCUT2D eigenvalue weighted by atomic mass is 35.5. The van der Waals surface area contributed by atoms with Crippen molar-refractivity contribution in [2.75, 3.05) is 16.0 Å². The van der Waals surface area contributed by atoms with Gasteiger partial charge in [0.2, 0.25) is 5.91 Å². The smallest absolute Gasteiger partial charge is 0.255 e. The van der Waals surface area contributed by atoms with Crippen LogP contribution in [0.5, 0.6) is 0 Å². The molecule has 158 valence electrons. The Morgan fingerprint density at radius 3 is 2.26 bits per heavy atom. The number of hydrogen-bond acceptors (Lipinski definition) is 3. The van der Waals surface area contributed by atoms with Gasteiger partial charge in [-0.1, -0.05) is 49.7 Å². The Morgan fingerprint density at radius 2 is 1.65 bits per heavy atom. The van der Waals surface area contributed by atoms with Gasteiger partial charge in [-0.2, -0.15) is 0 Å². The van der Waals surface area contributed by atoms with Gasteiger partial charge < -0.3 is 5.32 Å². The largest absolute Gasteiger partial charge is 0.322 e. The summed E-state index contributed by atoms with van der Waals surface area (Å²) >= 11 is 7.49. The quantitative estimate of drug-likeness (QED) is 0.483. The molecular weight excluding hydrogens is 428 g/mol. The lowest BCUT2D eigenvalue weighted by atomic mass is 10.0. The van der Waals surface area contributed by atoms with Crippen molar-refractivity contribution in [3.8, 4) is 0 Å². The molecule has 1 unspecified atom stereocenters. The van der Waals surface area contributed by atoms with E-state index in [0.717, 1.165) is 11.3 Å². The minimum atomic E-state index is -0.193. The summed E-state index contributed by atoms with van der Waals surface area (Å²) in [4.78, 5) is 26.9. The summed E-state index contributed by atoms with van der Waals surface area (Å²) in [5.41, 5.74) is 4.42. The number of nitrogens with zero attached hydrogens (tertiary/aromatic N) is 1. The van der Waals surface area contributed by atoms with Crippen LogP contribution in [-0.2, 0) is 4.79 Å². The minimum absolute atomic E-state index is 0.0848. The van der Waals surface area contributed by atoms with Gasteiger partial charge in [-0.15, -0.1) is 11.8 Å². The van der Waals surface area contributed by atoms with Crippen LogP contribution in [0.4, 0.5) is 11.4 Å². The molecule has 0 aliphatic carbocycles. The number of thioether (sulfide) groups is 1. The number of rotatable bonds is 5. The molecule has 2 amide bonds. The second-order valence-corrected chi connectivity index (χ2v) is 9.26. The summed E-state index contributed by atoms with van der Waals surface area (Å²) in [6.45, 7) is 4.31. The highest BCUT2D eigenvalue weighted by Gasteiger charge is 2.34. The van der Waals surface area contributed by atoms with Crippen LogP contribution in [0.1, 0.15) is 46.6 Å². The Bertz CT molecular complexity index is 1080. The molecule has 3 aromatic rings. The van der Waals surface area contributed by atoms with Gasteiger partial charge in [0.15, 0.2) is 0 Å². The number of nitrogens with one attached hydrogen (secondary N) is 1. The maximum atomic E-state index is 12.6. The maximum Gasteiger partial charge on any atom is 0.255 e. The van der Waals surface area contributed by atoms with Gasteiger partial charge in [-0.25, -0.2) is 0 Å². The molecular formula is C25H23ClN2O2S. The van der Waals surface area contributed by atoms with Crippen LogP contribution in [-0.4, -0.2) is 17.6 Å². The Morgan fingerprint density at radius 1 is 1.00 bits per heavy atom. The van der Waals surface area contributed by atoms with Crippen molar-refractivity contribution in [2.24, 2.45) is 0 Å². The second kappa shape index (κ2) is 9.16. The fourth-order valence-electron chi connectivity index (χ4n) is 3.51. The van der Waals surface area contributed by atoms with Crippen molar-refractivity contribution in [3.05, 3.63) is 94.5 Å². The summed E-state index contributed by atoms with van der Waals surface area (Å²) in [5.74, 6) is 0.810. The van der Waals surface area contributed by atoms with Crippen LogP contribution in [0.25, 0.3) is 0 Å². The van der Waals surface area contributed by atoms with E-state index >= 15 is 0 Å². The molecule has 4 nitrogen and oxygen atoms in total. The predicted molar refractivity (Wildman–Crippen MR) is 129 cm³/mol. The molecule has 0 spiro atoms. The van der Waals surface area contributed by atoms with Crippen LogP contribution >= 0.6 is 23.4 Å². The minimum Gasteiger partial charge on any atom is -0.322 e. The number of halogens is 1. The van der Waals surface area contributed by atoms with Crippen LogP contribution in [0.3, 0.4) is 0 Å². The van der Waals surface area contributed by atoms with Gasteiger partial charge in [0.1, 0.15) is 5.37 Å². The van der Waals surface area contributed by atoms with Crippen LogP contribution in [0.15, 0.2) is 72.8 Å². The molecule has 1 atom stereocenters. The van der Waals surface area contributed by atoms with Crippen molar-refractivity contribution in [2.45, 2.75) is 25.1 Å². The van der Waals surface area contributed by atoms with Crippen LogP contribution in [0, 0.1) is 0 Å². The van der Waals surface area contributed by atoms with E-state index in [9.17, 15) is 9.59 Å². The molecule has 1 heterocycles. The molecule has 0 radical (unpaired) electrons. The molecule has 4 rings (SSSR count). The van der Waals surface area contributed by atoms with E-state index in [4.69, 9.17) is 11.6 Å². The summed E-state index contributed by atoms with van der Waals surface area (Å²) < 4.78 is 0. The first-order valence-corrected chi connectivity index (χ1v) is 11.6. The lowest BCUT2D eigenvalue weighted by molar-refractivity contribution is -0.115. The standard InChI is InChI=1S/C25H23ClN2O2S/c1-16(2)17-7-13-22(14-8-17)28-23(29)15-31-25(28)19-5-11-21(12-6-19)27-24(30)18-3-9-20(26)10-4-18/h3-14,16,25H,15H2,1-2H3,(H,27,30). The van der Waals surface area contributed by atoms with E-state index in [1.807, 2.05) is 41.3 Å². The topological polar surface area (TPSA) is 49.4 Å². The highest BCUT2D eigenvalue weighted by molar-refractivity contribution is 8.00. The number of carbonyl (C=O) groups excluding carboxylic acids is 2. The van der Waals surface area contributed by atoms with Crippen LogP contribution in [0.2, 0.25) is 5.02 Å². The highest BCUT2D eigenvalue weighted by Crippen LogP contribution is 2.42. The summed E-state index contributed by atoms with van der Waals surface area (Å²) in [6, 6.07) is 22.6. The van der Waals surface area contributed by atoms with E-state index < -0.39 is 0 Å². The van der Waals surface area contributed by atoms with Gasteiger partial charge in [-0.3, -0.25) is 14.5 Å². The van der Waals surface area contributed by atoms with Gasteiger partial charge >= 0.3 is 0 Å². The zero-order chi connectivity index (χ0) is 22.0. The van der Waals surface area contributed by atoms with Crippen molar-refractivity contribution in [3.63, 3.8) is 0 Å². The average Bonchev–Trinajstić information content (AvgIpc) is 3.16. The second-order valence-electron chi connectivity index (χ2n) is 7.76. The third kappa shape index (κ3) is 4.78. The molecule has 0 saturated carbocycles. The Labute approximate surface area is 191 Å². The van der Waals surface area contributed by atoms with Crippen LogP contribution < -0.4 is 10.2 Å². The number of carbonyl (C=O) groups is 2. The lowest BCUT2D eigenvalue weighted by Gasteiger charge is -2.25. The predicted octanol–water partition coefficient (Wildman–Crippen LogP) is 6.49. The number of amides is 2. The molecule has 1 fully saturated rings. The Balaban J connectivity index is 1.50. The summed E-state index contributed by atoms with van der Waals surface area (Å²) in [7, 11) is 0. The molecule has 1 aliphatic heterocycles. The summed E-state index contributed by atoms with van der Waals surface area (Å²) in [6.07, 6.45) is 0. The third-order valence-corrected chi connectivity index (χ3v) is 6.73. The molecule has 0 aromatic heterocycles. The average molecular weight is 451 g/mol. The van der Waals surface area contributed by atoms with Gasteiger partial charge in [0.25, 0.3) is 5.91 Å². The van der Waals surface area contributed by atoms with Crippen molar-refractivity contribution >= 4 is 46.6 Å². The summed E-state index contributed by atoms with van der Waals surface area (Å²) in [5, 5.41) is 3.40. The SMILES string of the molecule is CC(C)c1ccc(N2C(=O)CSC2c2ccc(NC(=O)c3ccc(Cl)cc3)cc2)cc1. The molecule has 1 N–H and O–H groups in total. The number of benzene rings is 3. The monoisotopic (exact) mass is 450 g/mol. The normalized spacial score (nSPS) is 16.1. The lowest BCUT2D eigenvalue weighted by Crippen LogP contribution is -2.27. The first-order valence-electron chi connectivity index (χ1n) is 10.1. The Hall–Kier alpha value is -2.76. The molecule has 1 aliphatic rings. The van der Waals surface area contributed by atoms with Crippen molar-refractivity contribution in [1.29, 1.82) is 0 Å². The zero-order valence-electron chi connectivity index (χ0n) is 17.3.